The van der Waals surface area contributed by atoms with Crippen LogP contribution in [0.1, 0.15) is 10.4 Å². The van der Waals surface area contributed by atoms with Gasteiger partial charge in [-0.1, -0.05) is 23.8 Å². The molecule has 1 N–H and O–H groups in total. The molecule has 6 nitrogen and oxygen atoms in total. The minimum absolute atomic E-state index is 0.0561. The van der Waals surface area contributed by atoms with Crippen molar-refractivity contribution in [1.82, 2.24) is 0 Å². The molecule has 4 atom stereocenters. The number of rotatable bonds is 2. The quantitative estimate of drug-likeness (QED) is 0.659. The summed E-state index contributed by atoms with van der Waals surface area (Å²) in [6, 6.07) is 4.10. The largest absolute Gasteiger partial charge is 0.478 e. The molecule has 0 unspecified atom stereocenters. The van der Waals surface area contributed by atoms with Crippen molar-refractivity contribution in [2.75, 3.05) is 4.90 Å². The van der Waals surface area contributed by atoms with Crippen LogP contribution < -0.4 is 4.90 Å². The van der Waals surface area contributed by atoms with Crippen LogP contribution in [0.5, 0.6) is 0 Å². The lowest BCUT2D eigenvalue weighted by atomic mass is 9.85. The van der Waals surface area contributed by atoms with Crippen molar-refractivity contribution in [3.05, 3.63) is 40.9 Å². The number of fused-ring (bicyclic) bond motifs is 5. The van der Waals surface area contributed by atoms with Crippen LogP contribution in [0.4, 0.5) is 5.69 Å². The third-order valence-corrected chi connectivity index (χ3v) is 4.68. The zero-order valence-electron chi connectivity index (χ0n) is 11.1. The number of nitrogens with zero attached hydrogens (tertiary/aromatic N) is 1. The molecule has 2 fully saturated rings. The number of carbonyl (C=O) groups excluding carboxylic acids is 2. The molecule has 1 aromatic carbocycles. The van der Waals surface area contributed by atoms with Crippen molar-refractivity contribution in [2.24, 2.45) is 11.8 Å². The Morgan fingerprint density at radius 3 is 2.27 bits per heavy atom. The molecule has 3 aliphatic rings. The fourth-order valence-corrected chi connectivity index (χ4v) is 3.57. The summed E-state index contributed by atoms with van der Waals surface area (Å²) in [5.41, 5.74) is 0.0831. The number of hydrogen-bond donors (Lipinski definition) is 1. The van der Waals surface area contributed by atoms with E-state index in [1.165, 1.54) is 18.2 Å². The fraction of sp³-hybridized carbons (Fsp3) is 0.267. The second-order valence-electron chi connectivity index (χ2n) is 5.48. The Morgan fingerprint density at radius 1 is 1.14 bits per heavy atom. The van der Waals surface area contributed by atoms with Gasteiger partial charge >= 0.3 is 5.97 Å². The summed E-state index contributed by atoms with van der Waals surface area (Å²) in [4.78, 5) is 37.3. The Hall–Kier alpha value is -2.18. The fourth-order valence-electron chi connectivity index (χ4n) is 3.37. The third-order valence-electron chi connectivity index (χ3n) is 4.35. The number of halogens is 1. The minimum Gasteiger partial charge on any atom is -0.478 e. The van der Waals surface area contributed by atoms with E-state index in [4.69, 9.17) is 21.4 Å². The van der Waals surface area contributed by atoms with Gasteiger partial charge in [-0.2, -0.15) is 0 Å². The summed E-state index contributed by atoms with van der Waals surface area (Å²) >= 11 is 5.82. The first-order valence-corrected chi connectivity index (χ1v) is 7.11. The van der Waals surface area contributed by atoms with Crippen LogP contribution in [0.25, 0.3) is 0 Å². The van der Waals surface area contributed by atoms with Gasteiger partial charge < -0.3 is 9.84 Å². The molecular formula is C15H10ClNO5. The van der Waals surface area contributed by atoms with E-state index < -0.39 is 17.8 Å². The summed E-state index contributed by atoms with van der Waals surface area (Å²) in [5.74, 6) is -2.97. The lowest BCUT2D eigenvalue weighted by molar-refractivity contribution is -0.124. The van der Waals surface area contributed by atoms with E-state index >= 15 is 0 Å². The Balaban J connectivity index is 1.76. The normalized spacial score (nSPS) is 32.0. The minimum atomic E-state index is -1.21. The number of hydrogen-bond acceptors (Lipinski definition) is 4. The number of aromatic carboxylic acids is 1. The maximum absolute atomic E-state index is 12.6. The van der Waals surface area contributed by atoms with Gasteiger partial charge in [-0.15, -0.1) is 0 Å². The number of carbonyl (C=O) groups is 3. The molecule has 3 heterocycles. The molecule has 0 aromatic heterocycles. The molecule has 22 heavy (non-hydrogen) atoms. The predicted octanol–water partition coefficient (Wildman–Crippen LogP) is 1.48. The number of anilines is 1. The standard InChI is InChI=1S/C15H10ClNO5/c16-8-2-1-6(5-7(8)15(20)21)17-13(18)11-9-3-4-10(22-9)12(11)14(17)19/h1-5,9-12H,(H,20,21)/t9-,10-,11-,12+/m1/s1. The van der Waals surface area contributed by atoms with Gasteiger partial charge in [0.1, 0.15) is 0 Å². The number of benzene rings is 1. The zero-order chi connectivity index (χ0) is 15.6. The number of imide groups is 1. The number of carboxylic acid groups (broad SMARTS) is 1. The van der Waals surface area contributed by atoms with Gasteiger partial charge in [0.2, 0.25) is 11.8 Å². The van der Waals surface area contributed by atoms with E-state index in [2.05, 4.69) is 0 Å². The highest BCUT2D eigenvalue weighted by Crippen LogP contribution is 2.46. The predicted molar refractivity (Wildman–Crippen MR) is 75.7 cm³/mol. The first-order valence-electron chi connectivity index (χ1n) is 6.73. The SMILES string of the molecule is O=C(O)c1cc(N2C(=O)[C@@H]3[C@H](C2=O)[C@H]2C=C[C@H]3O2)ccc1Cl. The first-order chi connectivity index (χ1) is 10.5. The highest BCUT2D eigenvalue weighted by molar-refractivity contribution is 6.34. The van der Waals surface area contributed by atoms with Crippen molar-refractivity contribution in [2.45, 2.75) is 12.2 Å². The van der Waals surface area contributed by atoms with Crippen LogP contribution in [0, 0.1) is 11.8 Å². The molecule has 2 amide bonds. The van der Waals surface area contributed by atoms with Gasteiger partial charge in [-0.25, -0.2) is 9.69 Å². The van der Waals surface area contributed by atoms with E-state index in [0.717, 1.165) is 4.90 Å². The average Bonchev–Trinajstić information content (AvgIpc) is 3.14. The summed E-state index contributed by atoms with van der Waals surface area (Å²) in [6.07, 6.45) is 2.85. The van der Waals surface area contributed by atoms with Crippen molar-refractivity contribution in [3.63, 3.8) is 0 Å². The van der Waals surface area contributed by atoms with Crippen LogP contribution >= 0.6 is 11.6 Å². The lowest BCUT2D eigenvalue weighted by Gasteiger charge is -2.18. The zero-order valence-corrected chi connectivity index (χ0v) is 11.9. The molecular weight excluding hydrogens is 310 g/mol. The van der Waals surface area contributed by atoms with Gasteiger partial charge in [0.15, 0.2) is 0 Å². The number of ether oxygens (including phenoxy) is 1. The molecule has 2 bridgehead atoms. The monoisotopic (exact) mass is 319 g/mol. The molecule has 0 aliphatic carbocycles. The van der Waals surface area contributed by atoms with E-state index in [-0.39, 0.29) is 40.3 Å². The maximum atomic E-state index is 12.6. The molecule has 2 saturated heterocycles. The van der Waals surface area contributed by atoms with Crippen molar-refractivity contribution in [3.8, 4) is 0 Å². The van der Waals surface area contributed by atoms with E-state index in [0.29, 0.717) is 0 Å². The topological polar surface area (TPSA) is 83.9 Å². The van der Waals surface area contributed by atoms with Crippen molar-refractivity contribution >= 4 is 35.1 Å². The second kappa shape index (κ2) is 4.41. The summed E-state index contributed by atoms with van der Waals surface area (Å²) in [7, 11) is 0. The van der Waals surface area contributed by atoms with Crippen LogP contribution in [-0.4, -0.2) is 35.1 Å². The van der Waals surface area contributed by atoms with E-state index in [1.54, 1.807) is 12.2 Å². The molecule has 4 rings (SSSR count). The Morgan fingerprint density at radius 2 is 1.73 bits per heavy atom. The first kappa shape index (κ1) is 13.5. The van der Waals surface area contributed by atoms with Gasteiger partial charge in [0, 0.05) is 0 Å². The molecule has 0 radical (unpaired) electrons. The van der Waals surface area contributed by atoms with Gasteiger partial charge in [0.05, 0.1) is 40.3 Å². The third kappa shape index (κ3) is 1.62. The van der Waals surface area contributed by atoms with Crippen molar-refractivity contribution in [1.29, 1.82) is 0 Å². The Kier molecular flexibility index (Phi) is 2.70. The van der Waals surface area contributed by atoms with Crippen molar-refractivity contribution < 1.29 is 24.2 Å². The number of amides is 2. The highest BCUT2D eigenvalue weighted by atomic mass is 35.5. The van der Waals surface area contributed by atoms with Gasteiger partial charge in [0.25, 0.3) is 0 Å². The smallest absolute Gasteiger partial charge is 0.337 e. The van der Waals surface area contributed by atoms with E-state index in [1.807, 2.05) is 0 Å². The maximum Gasteiger partial charge on any atom is 0.337 e. The Labute approximate surface area is 129 Å². The van der Waals surface area contributed by atoms with Gasteiger partial charge in [-0.3, -0.25) is 9.59 Å². The molecule has 0 saturated carbocycles. The molecule has 1 aromatic rings. The molecule has 0 spiro atoms. The molecule has 7 heteroatoms. The van der Waals surface area contributed by atoms with E-state index in [9.17, 15) is 14.4 Å². The molecule has 3 aliphatic heterocycles. The number of carboxylic acids is 1. The average molecular weight is 320 g/mol. The highest BCUT2D eigenvalue weighted by Gasteiger charge is 2.61. The second-order valence-corrected chi connectivity index (χ2v) is 5.89. The summed E-state index contributed by atoms with van der Waals surface area (Å²) in [5, 5.41) is 9.17. The van der Waals surface area contributed by atoms with Crippen LogP contribution in [0.2, 0.25) is 5.02 Å². The molecule has 112 valence electrons. The summed E-state index contributed by atoms with van der Waals surface area (Å²) in [6.45, 7) is 0. The van der Waals surface area contributed by atoms with Crippen LogP contribution in [0.3, 0.4) is 0 Å². The van der Waals surface area contributed by atoms with Gasteiger partial charge in [-0.05, 0) is 18.2 Å². The summed E-state index contributed by atoms with van der Waals surface area (Å²) < 4.78 is 5.55. The lowest BCUT2D eigenvalue weighted by Crippen LogP contribution is -2.34. The van der Waals surface area contributed by atoms with Crippen LogP contribution in [0.15, 0.2) is 30.4 Å². The Bertz CT molecular complexity index is 728. The van der Waals surface area contributed by atoms with Crippen LogP contribution in [-0.2, 0) is 14.3 Å².